The van der Waals surface area contributed by atoms with Gasteiger partial charge in [-0.05, 0) is 63.8 Å². The van der Waals surface area contributed by atoms with Gasteiger partial charge in [-0.25, -0.2) is 0 Å². The van der Waals surface area contributed by atoms with Crippen LogP contribution in [0.5, 0.6) is 0 Å². The van der Waals surface area contributed by atoms with E-state index in [0.29, 0.717) is 0 Å². The van der Waals surface area contributed by atoms with E-state index in [2.05, 4.69) is 25.7 Å². The molecule has 2 rings (SSSR count). The number of hydrogen-bond acceptors (Lipinski definition) is 3. The Morgan fingerprint density at radius 3 is 2.40 bits per heavy atom. The average molecular weight is 282 g/mol. The van der Waals surface area contributed by atoms with Crippen molar-refractivity contribution >= 4 is 0 Å². The molecule has 20 heavy (non-hydrogen) atoms. The summed E-state index contributed by atoms with van der Waals surface area (Å²) < 4.78 is 5.77. The number of hydrogen-bond donors (Lipinski definition) is 1. The van der Waals surface area contributed by atoms with Crippen molar-refractivity contribution in [2.24, 2.45) is 17.6 Å². The first-order valence-electron chi connectivity index (χ1n) is 8.45. The van der Waals surface area contributed by atoms with Crippen molar-refractivity contribution in [3.05, 3.63) is 0 Å². The van der Waals surface area contributed by atoms with Crippen molar-refractivity contribution in [1.82, 2.24) is 4.90 Å². The smallest absolute Gasteiger partial charge is 0.0777 e. The standard InChI is InChI=1S/C17H34N2O/c1-14(2)15-6-9-17(12-18,10-7-15)19-11-5-8-16(3,13-19)20-4/h14-15H,5-13,18H2,1-4H3. The SMILES string of the molecule is COC1(C)CCCN(C2(CN)CCC(C(C)C)CC2)C1. The molecule has 0 aromatic heterocycles. The molecular weight excluding hydrogens is 248 g/mol. The molecule has 3 nitrogen and oxygen atoms in total. The molecule has 2 fully saturated rings. The summed E-state index contributed by atoms with van der Waals surface area (Å²) in [7, 11) is 1.86. The summed E-state index contributed by atoms with van der Waals surface area (Å²) >= 11 is 0. The molecule has 0 aromatic rings. The van der Waals surface area contributed by atoms with E-state index in [-0.39, 0.29) is 11.1 Å². The first-order chi connectivity index (χ1) is 9.45. The Balaban J connectivity index is 2.04. The monoisotopic (exact) mass is 282 g/mol. The molecule has 1 saturated heterocycles. The van der Waals surface area contributed by atoms with Gasteiger partial charge in [0, 0.05) is 25.7 Å². The average Bonchev–Trinajstić information content (AvgIpc) is 2.47. The van der Waals surface area contributed by atoms with Gasteiger partial charge in [-0.15, -0.1) is 0 Å². The van der Waals surface area contributed by atoms with Crippen molar-refractivity contribution in [2.45, 2.75) is 70.4 Å². The lowest BCUT2D eigenvalue weighted by Gasteiger charge is -2.53. The van der Waals surface area contributed by atoms with Crippen molar-refractivity contribution in [2.75, 3.05) is 26.7 Å². The Kier molecular flexibility index (Phi) is 5.14. The fourth-order valence-electron chi connectivity index (χ4n) is 4.27. The number of nitrogens with two attached hydrogens (primary N) is 1. The van der Waals surface area contributed by atoms with Crippen molar-refractivity contribution in [1.29, 1.82) is 0 Å². The van der Waals surface area contributed by atoms with E-state index in [1.807, 2.05) is 7.11 Å². The van der Waals surface area contributed by atoms with Gasteiger partial charge >= 0.3 is 0 Å². The van der Waals surface area contributed by atoms with Gasteiger partial charge in [-0.3, -0.25) is 4.90 Å². The number of nitrogens with zero attached hydrogens (tertiary/aromatic N) is 1. The highest BCUT2D eigenvalue weighted by atomic mass is 16.5. The van der Waals surface area contributed by atoms with Crippen LogP contribution in [0.1, 0.15) is 59.3 Å². The van der Waals surface area contributed by atoms with Gasteiger partial charge in [0.1, 0.15) is 0 Å². The molecule has 1 saturated carbocycles. The first-order valence-corrected chi connectivity index (χ1v) is 8.45. The molecule has 118 valence electrons. The molecule has 0 spiro atoms. The van der Waals surface area contributed by atoms with Crippen molar-refractivity contribution < 1.29 is 4.74 Å². The number of piperidine rings is 1. The molecule has 1 heterocycles. The third kappa shape index (κ3) is 3.20. The number of ether oxygens (including phenoxy) is 1. The zero-order valence-corrected chi connectivity index (χ0v) is 14.0. The van der Waals surface area contributed by atoms with Crippen LogP contribution in [0.4, 0.5) is 0 Å². The number of methoxy groups -OCH3 is 1. The highest BCUT2D eigenvalue weighted by molar-refractivity contribution is 5.00. The Bertz CT molecular complexity index is 310. The van der Waals surface area contributed by atoms with Gasteiger partial charge in [0.2, 0.25) is 0 Å². The minimum Gasteiger partial charge on any atom is -0.377 e. The largest absolute Gasteiger partial charge is 0.377 e. The first kappa shape index (κ1) is 16.3. The molecule has 1 atom stereocenters. The summed E-state index contributed by atoms with van der Waals surface area (Å²) in [6.45, 7) is 10.0. The lowest BCUT2D eigenvalue weighted by molar-refractivity contribution is -0.0904. The minimum atomic E-state index is 0.0231. The maximum Gasteiger partial charge on any atom is 0.0777 e. The molecule has 2 aliphatic rings. The Morgan fingerprint density at radius 1 is 1.25 bits per heavy atom. The third-order valence-corrected chi connectivity index (χ3v) is 6.11. The maximum absolute atomic E-state index is 6.24. The normalized spacial score (nSPS) is 40.2. The van der Waals surface area contributed by atoms with Crippen LogP contribution in [0.2, 0.25) is 0 Å². The second-order valence-corrected chi connectivity index (χ2v) is 7.69. The molecule has 2 N–H and O–H groups in total. The molecule has 0 bridgehead atoms. The molecule has 0 amide bonds. The van der Waals surface area contributed by atoms with Gasteiger partial charge in [0.25, 0.3) is 0 Å². The van der Waals surface area contributed by atoms with Crippen LogP contribution >= 0.6 is 0 Å². The van der Waals surface area contributed by atoms with Gasteiger partial charge in [0.15, 0.2) is 0 Å². The zero-order chi connectivity index (χ0) is 14.8. The van der Waals surface area contributed by atoms with E-state index in [4.69, 9.17) is 10.5 Å². The molecule has 1 unspecified atom stereocenters. The van der Waals surface area contributed by atoms with E-state index in [0.717, 1.165) is 24.9 Å². The Morgan fingerprint density at radius 2 is 1.90 bits per heavy atom. The van der Waals surface area contributed by atoms with Crippen LogP contribution in [-0.2, 0) is 4.74 Å². The predicted molar refractivity (Wildman–Crippen MR) is 84.8 cm³/mol. The second kappa shape index (κ2) is 6.33. The highest BCUT2D eigenvalue weighted by Gasteiger charge is 2.44. The Labute approximate surface area is 125 Å². The van der Waals surface area contributed by atoms with E-state index in [1.54, 1.807) is 0 Å². The van der Waals surface area contributed by atoms with Crippen LogP contribution in [0.3, 0.4) is 0 Å². The molecule has 0 radical (unpaired) electrons. The van der Waals surface area contributed by atoms with Gasteiger partial charge < -0.3 is 10.5 Å². The Hall–Kier alpha value is -0.120. The van der Waals surface area contributed by atoms with Crippen LogP contribution in [0.15, 0.2) is 0 Å². The van der Waals surface area contributed by atoms with Crippen LogP contribution in [0.25, 0.3) is 0 Å². The van der Waals surface area contributed by atoms with Crippen molar-refractivity contribution in [3.8, 4) is 0 Å². The topological polar surface area (TPSA) is 38.5 Å². The molecule has 1 aliphatic carbocycles. The number of likely N-dealkylation sites (tertiary alicyclic amines) is 1. The van der Waals surface area contributed by atoms with Crippen molar-refractivity contribution in [3.63, 3.8) is 0 Å². The summed E-state index contributed by atoms with van der Waals surface area (Å²) in [6, 6.07) is 0. The van der Waals surface area contributed by atoms with Crippen LogP contribution < -0.4 is 5.73 Å². The lowest BCUT2D eigenvalue weighted by atomic mass is 9.71. The minimum absolute atomic E-state index is 0.0231. The van der Waals surface area contributed by atoms with E-state index >= 15 is 0 Å². The van der Waals surface area contributed by atoms with Crippen LogP contribution in [0, 0.1) is 11.8 Å². The van der Waals surface area contributed by atoms with Crippen LogP contribution in [-0.4, -0.2) is 42.8 Å². The van der Waals surface area contributed by atoms with Gasteiger partial charge in [-0.1, -0.05) is 13.8 Å². The van der Waals surface area contributed by atoms with Gasteiger partial charge in [-0.2, -0.15) is 0 Å². The molecule has 1 aliphatic heterocycles. The van der Waals surface area contributed by atoms with Gasteiger partial charge in [0.05, 0.1) is 5.60 Å². The fourth-order valence-corrected chi connectivity index (χ4v) is 4.27. The van der Waals surface area contributed by atoms with E-state index < -0.39 is 0 Å². The second-order valence-electron chi connectivity index (χ2n) is 7.69. The fraction of sp³-hybridized carbons (Fsp3) is 1.00. The lowest BCUT2D eigenvalue weighted by Crippen LogP contribution is -2.62. The summed E-state index contributed by atoms with van der Waals surface area (Å²) in [5, 5.41) is 0. The van der Waals surface area contributed by atoms with E-state index in [9.17, 15) is 0 Å². The summed E-state index contributed by atoms with van der Waals surface area (Å²) in [5.41, 5.74) is 6.50. The quantitative estimate of drug-likeness (QED) is 0.861. The molecule has 3 heteroatoms. The summed E-state index contributed by atoms with van der Waals surface area (Å²) in [6.07, 6.45) is 7.64. The highest BCUT2D eigenvalue weighted by Crippen LogP contribution is 2.41. The molecule has 0 aromatic carbocycles. The van der Waals surface area contributed by atoms with E-state index in [1.165, 1.54) is 45.1 Å². The predicted octanol–water partition coefficient (Wildman–Crippen LogP) is 3.03. The molecular formula is C17H34N2O. The summed E-state index contributed by atoms with van der Waals surface area (Å²) in [4.78, 5) is 2.66. The summed E-state index contributed by atoms with van der Waals surface area (Å²) in [5.74, 6) is 1.71. The zero-order valence-electron chi connectivity index (χ0n) is 14.0. The maximum atomic E-state index is 6.24. The third-order valence-electron chi connectivity index (χ3n) is 6.11. The number of rotatable bonds is 4.